The van der Waals surface area contributed by atoms with Crippen molar-refractivity contribution in [2.24, 2.45) is 0 Å². The topological polar surface area (TPSA) is 74.7 Å². The molecule has 116 valence electrons. The van der Waals surface area contributed by atoms with Gasteiger partial charge in [-0.25, -0.2) is 22.0 Å². The Morgan fingerprint density at radius 3 is 2.19 bits per heavy atom. The molecule has 1 saturated heterocycles. The molecule has 1 heterocycles. The van der Waals surface area contributed by atoms with E-state index in [1.165, 1.54) is 0 Å². The maximum Gasteiger partial charge on any atom is 0.341 e. The van der Waals surface area contributed by atoms with Gasteiger partial charge in [0.15, 0.2) is 5.82 Å². The van der Waals surface area contributed by atoms with Crippen LogP contribution in [-0.4, -0.2) is 36.9 Å². The Morgan fingerprint density at radius 2 is 1.67 bits per heavy atom. The van der Waals surface area contributed by atoms with Crippen molar-refractivity contribution in [3.8, 4) is 0 Å². The maximum absolute atomic E-state index is 14.1. The van der Waals surface area contributed by atoms with Gasteiger partial charge >= 0.3 is 5.97 Å². The van der Waals surface area contributed by atoms with Crippen LogP contribution in [0.2, 0.25) is 0 Å². The molecular formula is C13H15F2NO4S. The van der Waals surface area contributed by atoms with E-state index in [0.29, 0.717) is 18.9 Å². The van der Waals surface area contributed by atoms with E-state index in [-0.39, 0.29) is 13.1 Å². The molecule has 1 aliphatic rings. The molecule has 21 heavy (non-hydrogen) atoms. The summed E-state index contributed by atoms with van der Waals surface area (Å²) in [7, 11) is -4.16. The number of hydrogen-bond donors (Lipinski definition) is 1. The summed E-state index contributed by atoms with van der Waals surface area (Å²) >= 11 is 0. The molecule has 1 aromatic rings. The molecule has 0 unspecified atom stereocenters. The van der Waals surface area contributed by atoms with Gasteiger partial charge in [-0.3, -0.25) is 0 Å². The fourth-order valence-electron chi connectivity index (χ4n) is 2.35. The van der Waals surface area contributed by atoms with Crippen LogP contribution >= 0.6 is 0 Å². The van der Waals surface area contributed by atoms with Crippen molar-refractivity contribution in [2.75, 3.05) is 13.1 Å². The molecule has 0 bridgehead atoms. The maximum atomic E-state index is 14.1. The summed E-state index contributed by atoms with van der Waals surface area (Å²) in [6, 6.07) is 1.44. The Balaban J connectivity index is 2.49. The zero-order chi connectivity index (χ0) is 15.6. The second-order valence-electron chi connectivity index (χ2n) is 4.86. The number of carbonyl (C=O) groups is 1. The average Bonchev–Trinajstić information content (AvgIpc) is 2.67. The summed E-state index contributed by atoms with van der Waals surface area (Å²) < 4.78 is 53.4. The number of carboxylic acids is 1. The van der Waals surface area contributed by atoms with Gasteiger partial charge < -0.3 is 5.11 Å². The van der Waals surface area contributed by atoms with Crippen LogP contribution in [0.25, 0.3) is 0 Å². The molecule has 0 aromatic heterocycles. The van der Waals surface area contributed by atoms with Crippen LogP contribution in [0.15, 0.2) is 17.0 Å². The van der Waals surface area contributed by atoms with Crippen LogP contribution in [-0.2, 0) is 10.0 Å². The lowest BCUT2D eigenvalue weighted by Gasteiger charge is -2.20. The van der Waals surface area contributed by atoms with Crippen LogP contribution < -0.4 is 0 Å². The van der Waals surface area contributed by atoms with E-state index in [2.05, 4.69) is 0 Å². The summed E-state index contributed by atoms with van der Waals surface area (Å²) in [5.74, 6) is -4.68. The molecule has 1 N–H and O–H groups in total. The lowest BCUT2D eigenvalue weighted by Crippen LogP contribution is -2.33. The molecule has 1 fully saturated rings. The van der Waals surface area contributed by atoms with Gasteiger partial charge in [-0.2, -0.15) is 4.31 Å². The Hall–Kier alpha value is -1.54. The van der Waals surface area contributed by atoms with Crippen LogP contribution in [0.1, 0.15) is 36.0 Å². The SMILES string of the molecule is O=C(O)c1c(F)ccc(S(=O)(=O)N2CCCCCC2)c1F. The first-order valence-corrected chi connectivity index (χ1v) is 8.01. The van der Waals surface area contributed by atoms with E-state index >= 15 is 0 Å². The first-order valence-electron chi connectivity index (χ1n) is 6.57. The third kappa shape index (κ3) is 3.06. The van der Waals surface area contributed by atoms with Crippen LogP contribution in [0.5, 0.6) is 0 Å². The number of carboxylic acid groups (broad SMARTS) is 1. The molecule has 0 amide bonds. The molecular weight excluding hydrogens is 304 g/mol. The Bertz CT molecular complexity index is 652. The first-order chi connectivity index (χ1) is 9.85. The van der Waals surface area contributed by atoms with Crippen molar-refractivity contribution in [1.29, 1.82) is 0 Å². The van der Waals surface area contributed by atoms with E-state index in [1.54, 1.807) is 0 Å². The lowest BCUT2D eigenvalue weighted by atomic mass is 10.2. The van der Waals surface area contributed by atoms with Crippen molar-refractivity contribution in [3.05, 3.63) is 29.3 Å². The number of benzene rings is 1. The summed E-state index contributed by atoms with van der Waals surface area (Å²) in [6.45, 7) is 0.503. The minimum Gasteiger partial charge on any atom is -0.477 e. The number of aromatic carboxylic acids is 1. The predicted molar refractivity (Wildman–Crippen MR) is 70.5 cm³/mol. The highest BCUT2D eigenvalue weighted by Crippen LogP contribution is 2.26. The highest BCUT2D eigenvalue weighted by molar-refractivity contribution is 7.89. The predicted octanol–water partition coefficient (Wildman–Crippen LogP) is 2.23. The van der Waals surface area contributed by atoms with Crippen LogP contribution in [0, 0.1) is 11.6 Å². The van der Waals surface area contributed by atoms with Gasteiger partial charge in [-0.05, 0) is 25.0 Å². The van der Waals surface area contributed by atoms with Gasteiger partial charge in [-0.1, -0.05) is 12.8 Å². The lowest BCUT2D eigenvalue weighted by molar-refractivity contribution is 0.0685. The van der Waals surface area contributed by atoms with Crippen molar-refractivity contribution >= 4 is 16.0 Å². The Morgan fingerprint density at radius 1 is 1.10 bits per heavy atom. The normalized spacial score (nSPS) is 17.4. The largest absolute Gasteiger partial charge is 0.477 e. The van der Waals surface area contributed by atoms with Gasteiger partial charge in [0.05, 0.1) is 0 Å². The summed E-state index contributed by atoms with van der Waals surface area (Å²) in [4.78, 5) is 10.1. The Labute approximate surface area is 121 Å². The van der Waals surface area contributed by atoms with Crippen molar-refractivity contribution in [1.82, 2.24) is 4.31 Å². The zero-order valence-corrected chi connectivity index (χ0v) is 12.0. The number of sulfonamides is 1. The Kier molecular flexibility index (Phi) is 4.58. The van der Waals surface area contributed by atoms with Gasteiger partial charge in [0, 0.05) is 13.1 Å². The van der Waals surface area contributed by atoms with Crippen molar-refractivity contribution in [3.63, 3.8) is 0 Å². The quantitative estimate of drug-likeness (QED) is 0.927. The number of nitrogens with zero attached hydrogens (tertiary/aromatic N) is 1. The molecule has 5 nitrogen and oxygen atoms in total. The van der Waals surface area contributed by atoms with Gasteiger partial charge in [0.2, 0.25) is 10.0 Å². The molecule has 0 atom stereocenters. The summed E-state index contributed by atoms with van der Waals surface area (Å²) in [5.41, 5.74) is -1.24. The third-order valence-electron chi connectivity index (χ3n) is 3.45. The van der Waals surface area contributed by atoms with E-state index in [4.69, 9.17) is 5.11 Å². The second-order valence-corrected chi connectivity index (χ2v) is 6.76. The fraction of sp³-hybridized carbons (Fsp3) is 0.462. The van der Waals surface area contributed by atoms with E-state index < -0.39 is 38.1 Å². The highest BCUT2D eigenvalue weighted by atomic mass is 32.2. The number of halogens is 2. The third-order valence-corrected chi connectivity index (χ3v) is 5.37. The number of rotatable bonds is 3. The fourth-order valence-corrected chi connectivity index (χ4v) is 3.94. The molecule has 2 rings (SSSR count). The van der Waals surface area contributed by atoms with E-state index in [9.17, 15) is 22.0 Å². The zero-order valence-electron chi connectivity index (χ0n) is 11.2. The number of hydrogen-bond acceptors (Lipinski definition) is 3. The van der Waals surface area contributed by atoms with Gasteiger partial charge in [-0.15, -0.1) is 0 Å². The van der Waals surface area contributed by atoms with Gasteiger partial charge in [0.25, 0.3) is 0 Å². The van der Waals surface area contributed by atoms with E-state index in [0.717, 1.165) is 23.2 Å². The summed E-state index contributed by atoms with van der Waals surface area (Å²) in [6.07, 6.45) is 3.10. The standard InChI is InChI=1S/C13H15F2NO4S/c14-9-5-6-10(12(15)11(9)13(17)18)21(19,20)16-7-3-1-2-4-8-16/h5-6H,1-4,7-8H2,(H,17,18). The highest BCUT2D eigenvalue weighted by Gasteiger charge is 2.31. The van der Waals surface area contributed by atoms with Crippen molar-refractivity contribution < 1.29 is 27.1 Å². The van der Waals surface area contributed by atoms with E-state index in [1.807, 2.05) is 0 Å². The molecule has 8 heteroatoms. The van der Waals surface area contributed by atoms with Gasteiger partial charge in [0.1, 0.15) is 16.3 Å². The van der Waals surface area contributed by atoms with Crippen LogP contribution in [0.4, 0.5) is 8.78 Å². The molecule has 0 spiro atoms. The molecule has 1 aliphatic heterocycles. The monoisotopic (exact) mass is 319 g/mol. The first kappa shape index (κ1) is 15.8. The van der Waals surface area contributed by atoms with Crippen LogP contribution in [0.3, 0.4) is 0 Å². The minimum atomic E-state index is -4.16. The molecule has 1 aromatic carbocycles. The molecule has 0 saturated carbocycles. The summed E-state index contributed by atoms with van der Waals surface area (Å²) in [5, 5.41) is 8.80. The van der Waals surface area contributed by atoms with Crippen molar-refractivity contribution in [2.45, 2.75) is 30.6 Å². The molecule has 0 aliphatic carbocycles. The smallest absolute Gasteiger partial charge is 0.341 e. The molecule has 0 radical (unpaired) electrons. The average molecular weight is 319 g/mol. The second kappa shape index (κ2) is 6.07. The minimum absolute atomic E-state index is 0.252.